The Morgan fingerprint density at radius 1 is 1.20 bits per heavy atom. The number of hydrogen-bond donors (Lipinski definition) is 0. The summed E-state index contributed by atoms with van der Waals surface area (Å²) in [7, 11) is 0. The molecule has 25 valence electrons. The van der Waals surface area contributed by atoms with E-state index in [1.165, 1.54) is 0 Å². The van der Waals surface area contributed by atoms with Gasteiger partial charge in [0, 0.05) is 60.3 Å². The maximum absolute atomic E-state index is 0. The molecular formula is H3FeLiMgMnZr. The van der Waals surface area contributed by atoms with Crippen molar-refractivity contribution in [3.8, 4) is 0 Å². The van der Waals surface area contributed by atoms with Crippen LogP contribution in [0.1, 0.15) is 4.28 Å². The molecule has 0 bridgehead atoms. The van der Waals surface area contributed by atoms with Gasteiger partial charge in [0.2, 0.25) is 0 Å². The van der Waals surface area contributed by atoms with E-state index in [1.54, 1.807) is 0 Å². The van der Waals surface area contributed by atoms with Crippen LogP contribution in [0.25, 0.3) is 0 Å². The Bertz CT molecular complexity index is 19.2. The molecule has 0 aliphatic rings. The SMILES string of the molecule is [Fe].[H-].[H-].[H-].[Li+].[Mg+2].[Mn].[Zr]. The van der Waals surface area contributed by atoms with Gasteiger partial charge < -0.3 is 4.28 Å². The Balaban J connectivity index is 0. The van der Waals surface area contributed by atoms with Crippen LogP contribution in [0.2, 0.25) is 0 Å². The van der Waals surface area contributed by atoms with Gasteiger partial charge in [-0.25, -0.2) is 0 Å². The second kappa shape index (κ2) is 26.7. The zero-order chi connectivity index (χ0) is 0. The van der Waals surface area contributed by atoms with Gasteiger partial charge in [0.15, 0.2) is 0 Å². The molecule has 0 heterocycles. The van der Waals surface area contributed by atoms with Crippen LogP contribution in [0.4, 0.5) is 0 Å². The molecule has 0 saturated heterocycles. The van der Waals surface area contributed by atoms with Crippen molar-refractivity contribution in [2.24, 2.45) is 0 Å². The van der Waals surface area contributed by atoms with Crippen molar-refractivity contribution >= 4 is 23.1 Å². The molecule has 0 N–H and O–H groups in total. The van der Waals surface area contributed by atoms with Crippen LogP contribution in [0.3, 0.4) is 0 Å². The average Bonchev–Trinajstić information content (AvgIpc) is 0. The Morgan fingerprint density at radius 3 is 1.20 bits per heavy atom. The zero-order valence-electron chi connectivity index (χ0n) is 5.94. The first kappa shape index (κ1) is 40.7. The summed E-state index contributed by atoms with van der Waals surface area (Å²) < 4.78 is 0. The maximum atomic E-state index is 0. The van der Waals surface area contributed by atoms with Crippen molar-refractivity contribution in [1.82, 2.24) is 0 Å². The van der Waals surface area contributed by atoms with Crippen LogP contribution in [-0.2, 0) is 60.3 Å². The van der Waals surface area contributed by atoms with Gasteiger partial charge in [0.05, 0.1) is 0 Å². The van der Waals surface area contributed by atoms with Crippen LogP contribution >= 0.6 is 0 Å². The van der Waals surface area contributed by atoms with Gasteiger partial charge in [0.25, 0.3) is 0 Å². The van der Waals surface area contributed by atoms with Crippen LogP contribution in [-0.4, -0.2) is 23.1 Å². The molecule has 5 heavy (non-hydrogen) atoms. The van der Waals surface area contributed by atoms with Gasteiger partial charge in [-0.2, -0.15) is 0 Å². The Kier molecular flexibility index (Phi) is 217. The first-order valence-corrected chi connectivity index (χ1v) is 0. The number of rotatable bonds is 0. The van der Waals surface area contributed by atoms with Crippen molar-refractivity contribution in [3.05, 3.63) is 0 Å². The van der Waals surface area contributed by atoms with E-state index in [4.69, 9.17) is 0 Å². The van der Waals surface area contributed by atoms with Crippen LogP contribution in [0.15, 0.2) is 0 Å². The summed E-state index contributed by atoms with van der Waals surface area (Å²) in [6.07, 6.45) is 0. The van der Waals surface area contributed by atoms with Gasteiger partial charge in [-0.05, 0) is 0 Å². The molecule has 0 unspecified atom stereocenters. The monoisotopic (exact) mass is 235 g/mol. The topological polar surface area (TPSA) is 0 Å². The van der Waals surface area contributed by atoms with Crippen molar-refractivity contribution < 1.29 is 83.5 Å². The van der Waals surface area contributed by atoms with Gasteiger partial charge >= 0.3 is 41.9 Å². The fourth-order valence-electron chi connectivity index (χ4n) is 0. The number of hydrogen-bond acceptors (Lipinski definition) is 0. The molecule has 0 aliphatic heterocycles. The van der Waals surface area contributed by atoms with E-state index >= 15 is 0 Å². The summed E-state index contributed by atoms with van der Waals surface area (Å²) >= 11 is 0. The largest absolute Gasteiger partial charge is 2.00 e. The molecule has 1 radical (unpaired) electrons. The maximum Gasteiger partial charge on any atom is 2.00 e. The smallest absolute Gasteiger partial charge is 1.00 e. The van der Waals surface area contributed by atoms with Gasteiger partial charge in [-0.1, -0.05) is 0 Å². The summed E-state index contributed by atoms with van der Waals surface area (Å²) in [6, 6.07) is 0. The molecule has 0 aliphatic carbocycles. The molecule has 0 rings (SSSR count). The van der Waals surface area contributed by atoms with Gasteiger partial charge in [-0.3, -0.25) is 0 Å². The third-order valence-corrected chi connectivity index (χ3v) is 0. The van der Waals surface area contributed by atoms with Crippen molar-refractivity contribution in [2.75, 3.05) is 0 Å². The molecule has 0 fully saturated rings. The Hall–Kier alpha value is 3.29. The second-order valence-corrected chi connectivity index (χ2v) is 0. The molecule has 0 atom stereocenters. The first-order chi connectivity index (χ1) is 0. The Morgan fingerprint density at radius 2 is 1.20 bits per heavy atom. The average molecular weight is 236 g/mol. The van der Waals surface area contributed by atoms with E-state index < -0.39 is 0 Å². The fraction of sp³-hybridized carbons (Fsp3) is 0. The van der Waals surface area contributed by atoms with Crippen LogP contribution in [0.5, 0.6) is 0 Å². The summed E-state index contributed by atoms with van der Waals surface area (Å²) in [5.41, 5.74) is 0. The summed E-state index contributed by atoms with van der Waals surface area (Å²) in [5, 5.41) is 0. The van der Waals surface area contributed by atoms with E-state index in [-0.39, 0.29) is 107 Å². The van der Waals surface area contributed by atoms with E-state index in [0.29, 0.717) is 0 Å². The fourth-order valence-corrected chi connectivity index (χ4v) is 0. The molecule has 0 spiro atoms. The molecule has 0 nitrogen and oxygen atoms in total. The molecule has 0 saturated carbocycles. The van der Waals surface area contributed by atoms with Crippen molar-refractivity contribution in [3.63, 3.8) is 0 Å². The quantitative estimate of drug-likeness (QED) is 0.392. The summed E-state index contributed by atoms with van der Waals surface area (Å²) in [5.74, 6) is 0. The summed E-state index contributed by atoms with van der Waals surface area (Å²) in [4.78, 5) is 0. The minimum Gasteiger partial charge on any atom is -1.00 e. The van der Waals surface area contributed by atoms with Gasteiger partial charge in [0.1, 0.15) is 0 Å². The van der Waals surface area contributed by atoms with E-state index in [0.717, 1.165) is 0 Å². The van der Waals surface area contributed by atoms with Crippen molar-refractivity contribution in [2.45, 2.75) is 0 Å². The Labute approximate surface area is 105 Å². The first-order valence-electron chi connectivity index (χ1n) is 0. The molecule has 0 amide bonds. The van der Waals surface area contributed by atoms with Crippen molar-refractivity contribution in [1.29, 1.82) is 0 Å². The normalized spacial score (nSPS) is 0. The molecule has 0 aromatic heterocycles. The molecule has 0 aromatic carbocycles. The third-order valence-electron chi connectivity index (χ3n) is 0. The molecule has 5 heteroatoms. The van der Waals surface area contributed by atoms with E-state index in [2.05, 4.69) is 0 Å². The van der Waals surface area contributed by atoms with E-state index in [9.17, 15) is 0 Å². The van der Waals surface area contributed by atoms with Crippen LogP contribution < -0.4 is 18.9 Å². The molecule has 0 aromatic rings. The zero-order valence-corrected chi connectivity index (χ0v) is 9.10. The summed E-state index contributed by atoms with van der Waals surface area (Å²) in [6.45, 7) is 0. The third kappa shape index (κ3) is 18.9. The second-order valence-electron chi connectivity index (χ2n) is 0. The predicted molar refractivity (Wildman–Crippen MR) is 9.09 cm³/mol. The molecular weight excluding hydrogens is 233 g/mol. The predicted octanol–water partition coefficient (Wildman–Crippen LogP) is -3.05. The minimum absolute atomic E-state index is 0. The van der Waals surface area contributed by atoms with Crippen LogP contribution in [0, 0.1) is 0 Å². The van der Waals surface area contributed by atoms with Gasteiger partial charge in [-0.15, -0.1) is 0 Å². The standard InChI is InChI=1S/Fe.Li.Mg.Mn.Zr.3H/q;+1;+2;;;3*-1. The van der Waals surface area contributed by atoms with E-state index in [1.807, 2.05) is 0 Å². The minimum atomic E-state index is 0.